The summed E-state index contributed by atoms with van der Waals surface area (Å²) in [6.45, 7) is 1.50. The zero-order chi connectivity index (χ0) is 12.5. The molecule has 16 heavy (non-hydrogen) atoms. The van der Waals surface area contributed by atoms with Gasteiger partial charge in [-0.1, -0.05) is 0 Å². The van der Waals surface area contributed by atoms with Crippen molar-refractivity contribution in [3.8, 4) is 0 Å². The summed E-state index contributed by atoms with van der Waals surface area (Å²) < 4.78 is 50.3. The van der Waals surface area contributed by atoms with Gasteiger partial charge in [0, 0.05) is 17.7 Å². The first kappa shape index (κ1) is 12.9. The Bertz CT molecular complexity index is 500. The molecule has 90 valence electrons. The van der Waals surface area contributed by atoms with Gasteiger partial charge in [-0.05, 0) is 13.0 Å². The molecule has 3 N–H and O–H groups in total. The first-order valence-corrected chi connectivity index (χ1v) is 6.32. The van der Waals surface area contributed by atoms with Crippen molar-refractivity contribution in [2.45, 2.75) is 13.0 Å². The van der Waals surface area contributed by atoms with Crippen molar-refractivity contribution in [1.82, 2.24) is 0 Å². The first-order valence-electron chi connectivity index (χ1n) is 4.43. The molecular weight excluding hydrogens is 238 g/mol. The lowest BCUT2D eigenvalue weighted by molar-refractivity contribution is 0.573. The molecular formula is C9H12F2N2O2S. The summed E-state index contributed by atoms with van der Waals surface area (Å²) in [5.41, 5.74) is 4.99. The molecule has 1 aromatic carbocycles. The summed E-state index contributed by atoms with van der Waals surface area (Å²) in [5, 5.41) is 0. The Labute approximate surface area is 92.5 Å². The molecule has 1 rings (SSSR count). The molecule has 0 spiro atoms. The van der Waals surface area contributed by atoms with Crippen LogP contribution in [0.15, 0.2) is 12.1 Å². The molecule has 0 saturated carbocycles. The van der Waals surface area contributed by atoms with Crippen LogP contribution in [0.25, 0.3) is 0 Å². The Morgan fingerprint density at radius 1 is 1.31 bits per heavy atom. The number of nitrogens with two attached hydrogens (primary N) is 1. The minimum atomic E-state index is -3.64. The smallest absolute Gasteiger partial charge is 0.229 e. The third-order valence-corrected chi connectivity index (χ3v) is 2.46. The van der Waals surface area contributed by atoms with E-state index in [0.717, 1.165) is 18.4 Å². The minimum Gasteiger partial charge on any atom is -0.324 e. The minimum absolute atomic E-state index is 0.00319. The maximum Gasteiger partial charge on any atom is 0.229 e. The normalized spacial score (nSPS) is 13.6. The van der Waals surface area contributed by atoms with E-state index in [1.54, 1.807) is 0 Å². The van der Waals surface area contributed by atoms with E-state index in [1.807, 2.05) is 4.72 Å². The number of hydrogen-bond acceptors (Lipinski definition) is 3. The highest BCUT2D eigenvalue weighted by atomic mass is 32.2. The molecule has 0 aliphatic carbocycles. The van der Waals surface area contributed by atoms with Crippen molar-refractivity contribution >= 4 is 15.7 Å². The van der Waals surface area contributed by atoms with E-state index in [0.29, 0.717) is 0 Å². The third kappa shape index (κ3) is 3.14. The highest BCUT2D eigenvalue weighted by Gasteiger charge is 2.14. The second-order valence-corrected chi connectivity index (χ2v) is 5.26. The lowest BCUT2D eigenvalue weighted by Gasteiger charge is -2.11. The van der Waals surface area contributed by atoms with Crippen LogP contribution < -0.4 is 10.5 Å². The van der Waals surface area contributed by atoms with Crippen LogP contribution in [0.3, 0.4) is 0 Å². The molecule has 0 radical (unpaired) electrons. The quantitative estimate of drug-likeness (QED) is 0.850. The summed E-state index contributed by atoms with van der Waals surface area (Å²) in [5.74, 6) is -1.61. The maximum atomic E-state index is 13.4. The van der Waals surface area contributed by atoms with Gasteiger partial charge in [-0.15, -0.1) is 0 Å². The average molecular weight is 250 g/mol. The van der Waals surface area contributed by atoms with E-state index < -0.39 is 33.4 Å². The topological polar surface area (TPSA) is 72.2 Å². The van der Waals surface area contributed by atoms with Crippen molar-refractivity contribution < 1.29 is 17.2 Å². The van der Waals surface area contributed by atoms with Crippen LogP contribution >= 0.6 is 0 Å². The Balaban J connectivity index is 3.21. The zero-order valence-electron chi connectivity index (χ0n) is 8.79. The van der Waals surface area contributed by atoms with Gasteiger partial charge >= 0.3 is 0 Å². The molecule has 1 atom stereocenters. The van der Waals surface area contributed by atoms with Crippen molar-refractivity contribution in [2.24, 2.45) is 5.73 Å². The van der Waals surface area contributed by atoms with Gasteiger partial charge in [0.25, 0.3) is 0 Å². The molecule has 1 aromatic rings. The van der Waals surface area contributed by atoms with Gasteiger partial charge in [0.05, 0.1) is 11.9 Å². The van der Waals surface area contributed by atoms with Gasteiger partial charge < -0.3 is 5.73 Å². The van der Waals surface area contributed by atoms with Crippen molar-refractivity contribution in [3.05, 3.63) is 29.3 Å². The molecule has 7 heteroatoms. The molecule has 0 aliphatic rings. The van der Waals surface area contributed by atoms with Crippen LogP contribution in [0.4, 0.5) is 14.5 Å². The third-order valence-electron chi connectivity index (χ3n) is 1.87. The summed E-state index contributed by atoms with van der Waals surface area (Å²) >= 11 is 0. The van der Waals surface area contributed by atoms with Crippen molar-refractivity contribution in [3.63, 3.8) is 0 Å². The Morgan fingerprint density at radius 3 is 2.31 bits per heavy atom. The predicted molar refractivity (Wildman–Crippen MR) is 57.4 cm³/mol. The van der Waals surface area contributed by atoms with E-state index in [4.69, 9.17) is 5.73 Å². The number of nitrogens with one attached hydrogen (secondary N) is 1. The summed E-state index contributed by atoms with van der Waals surface area (Å²) in [4.78, 5) is 0. The molecule has 0 amide bonds. The van der Waals surface area contributed by atoms with Gasteiger partial charge in [0.1, 0.15) is 11.6 Å². The number of benzene rings is 1. The van der Waals surface area contributed by atoms with E-state index >= 15 is 0 Å². The Kier molecular flexibility index (Phi) is 3.49. The standard InChI is InChI=1S/C9H12F2N2O2S/c1-5(12)6-3-8(11)9(4-7(6)10)13-16(2,14)15/h3-5,13H,12H2,1-2H3. The largest absolute Gasteiger partial charge is 0.324 e. The molecule has 1 unspecified atom stereocenters. The predicted octanol–water partition coefficient (Wildman–Crippen LogP) is 1.36. The number of rotatable bonds is 3. The fraction of sp³-hybridized carbons (Fsp3) is 0.333. The van der Waals surface area contributed by atoms with Gasteiger partial charge in [0.15, 0.2) is 0 Å². The highest BCUT2D eigenvalue weighted by molar-refractivity contribution is 7.92. The molecule has 0 bridgehead atoms. The van der Waals surface area contributed by atoms with E-state index in [-0.39, 0.29) is 5.56 Å². The van der Waals surface area contributed by atoms with E-state index in [1.165, 1.54) is 6.92 Å². The molecule has 4 nitrogen and oxygen atoms in total. The monoisotopic (exact) mass is 250 g/mol. The van der Waals surface area contributed by atoms with Gasteiger partial charge in [-0.3, -0.25) is 4.72 Å². The summed E-state index contributed by atoms with van der Waals surface area (Å²) in [6.07, 6.45) is 0.851. The van der Waals surface area contributed by atoms with Gasteiger partial charge in [0.2, 0.25) is 10.0 Å². The fourth-order valence-corrected chi connectivity index (χ4v) is 1.75. The fourth-order valence-electron chi connectivity index (χ4n) is 1.19. The SMILES string of the molecule is CC(N)c1cc(F)c(NS(C)(=O)=O)cc1F. The summed E-state index contributed by atoms with van der Waals surface area (Å²) in [6, 6.07) is 0.990. The molecule has 0 saturated heterocycles. The Morgan fingerprint density at radius 2 is 1.88 bits per heavy atom. The second kappa shape index (κ2) is 4.34. The summed E-state index contributed by atoms with van der Waals surface area (Å²) in [7, 11) is -3.64. The lowest BCUT2D eigenvalue weighted by Crippen LogP contribution is -2.13. The van der Waals surface area contributed by atoms with E-state index in [9.17, 15) is 17.2 Å². The number of halogens is 2. The lowest BCUT2D eigenvalue weighted by atomic mass is 10.1. The maximum absolute atomic E-state index is 13.4. The number of anilines is 1. The first-order chi connectivity index (χ1) is 7.20. The number of hydrogen-bond donors (Lipinski definition) is 2. The van der Waals surface area contributed by atoms with Gasteiger partial charge in [-0.25, -0.2) is 17.2 Å². The molecule has 0 heterocycles. The molecule has 0 fully saturated rings. The van der Waals surface area contributed by atoms with Crippen molar-refractivity contribution in [2.75, 3.05) is 11.0 Å². The second-order valence-electron chi connectivity index (χ2n) is 3.52. The Hall–Kier alpha value is -1.21. The molecule has 0 aromatic heterocycles. The van der Waals surface area contributed by atoms with Crippen LogP contribution in [0.1, 0.15) is 18.5 Å². The average Bonchev–Trinajstić information content (AvgIpc) is 2.07. The molecule has 0 aliphatic heterocycles. The van der Waals surface area contributed by atoms with Crippen LogP contribution in [-0.2, 0) is 10.0 Å². The van der Waals surface area contributed by atoms with Crippen LogP contribution in [-0.4, -0.2) is 14.7 Å². The van der Waals surface area contributed by atoms with E-state index in [2.05, 4.69) is 0 Å². The highest BCUT2D eigenvalue weighted by Crippen LogP contribution is 2.23. The van der Waals surface area contributed by atoms with Crippen LogP contribution in [0.5, 0.6) is 0 Å². The number of sulfonamides is 1. The van der Waals surface area contributed by atoms with Crippen LogP contribution in [0.2, 0.25) is 0 Å². The van der Waals surface area contributed by atoms with Crippen LogP contribution in [0, 0.1) is 11.6 Å². The zero-order valence-corrected chi connectivity index (χ0v) is 9.61. The van der Waals surface area contributed by atoms with Crippen molar-refractivity contribution in [1.29, 1.82) is 0 Å². The van der Waals surface area contributed by atoms with Gasteiger partial charge in [-0.2, -0.15) is 0 Å².